The molecule has 0 saturated carbocycles. The fourth-order valence-corrected chi connectivity index (χ4v) is 3.52. The summed E-state index contributed by atoms with van der Waals surface area (Å²) in [7, 11) is 3.20. The molecule has 1 aliphatic heterocycles. The van der Waals surface area contributed by atoms with Crippen LogP contribution in [0.3, 0.4) is 0 Å². The summed E-state index contributed by atoms with van der Waals surface area (Å²) < 4.78 is 21.8. The first-order chi connectivity index (χ1) is 14.7. The maximum Gasteiger partial charge on any atom is 0.231 e. The first kappa shape index (κ1) is 18.0. The highest BCUT2D eigenvalue weighted by Crippen LogP contribution is 2.40. The van der Waals surface area contributed by atoms with Crippen LogP contribution in [0.25, 0.3) is 33.4 Å². The number of benzene rings is 2. The summed E-state index contributed by atoms with van der Waals surface area (Å²) in [5.41, 5.74) is 10.0. The SMILES string of the molecule is COc1ccc(-c2cc(-c3ccc4c(c3)OCO4)nc3ncnc(N)c23)cc1OC. The van der Waals surface area contributed by atoms with Gasteiger partial charge in [0.25, 0.3) is 0 Å². The molecule has 3 heterocycles. The van der Waals surface area contributed by atoms with E-state index in [4.69, 9.17) is 29.7 Å². The molecule has 30 heavy (non-hydrogen) atoms. The number of anilines is 1. The van der Waals surface area contributed by atoms with Gasteiger partial charge in [-0.15, -0.1) is 0 Å². The van der Waals surface area contributed by atoms with E-state index in [1.54, 1.807) is 14.2 Å². The summed E-state index contributed by atoms with van der Waals surface area (Å²) >= 11 is 0. The smallest absolute Gasteiger partial charge is 0.231 e. The summed E-state index contributed by atoms with van der Waals surface area (Å²) in [6.45, 7) is 0.213. The van der Waals surface area contributed by atoms with Crippen molar-refractivity contribution < 1.29 is 18.9 Å². The maximum absolute atomic E-state index is 6.20. The third-order valence-corrected chi connectivity index (χ3v) is 5.00. The monoisotopic (exact) mass is 402 g/mol. The first-order valence-corrected chi connectivity index (χ1v) is 9.21. The molecule has 0 radical (unpaired) electrons. The number of rotatable bonds is 4. The largest absolute Gasteiger partial charge is 0.493 e. The highest BCUT2D eigenvalue weighted by Gasteiger charge is 2.18. The van der Waals surface area contributed by atoms with E-state index in [9.17, 15) is 0 Å². The van der Waals surface area contributed by atoms with E-state index in [1.165, 1.54) is 6.33 Å². The quantitative estimate of drug-likeness (QED) is 0.551. The third kappa shape index (κ3) is 2.89. The molecular formula is C22H18N4O4. The third-order valence-electron chi connectivity index (χ3n) is 5.00. The number of fused-ring (bicyclic) bond motifs is 2. The van der Waals surface area contributed by atoms with Crippen LogP contribution in [0.1, 0.15) is 0 Å². The Labute approximate surface area is 172 Å². The van der Waals surface area contributed by atoms with Crippen LogP contribution in [0.15, 0.2) is 48.8 Å². The molecule has 8 heteroatoms. The van der Waals surface area contributed by atoms with Crippen LogP contribution < -0.4 is 24.7 Å². The lowest BCUT2D eigenvalue weighted by Crippen LogP contribution is -1.99. The van der Waals surface area contributed by atoms with Crippen LogP contribution in [0.2, 0.25) is 0 Å². The Bertz CT molecular complexity index is 1280. The van der Waals surface area contributed by atoms with Crippen LogP contribution in [-0.4, -0.2) is 36.0 Å². The number of aromatic nitrogens is 3. The normalized spacial score (nSPS) is 12.2. The summed E-state index contributed by atoms with van der Waals surface area (Å²) in [6, 6.07) is 13.3. The molecule has 2 aromatic heterocycles. The van der Waals surface area contributed by atoms with Crippen LogP contribution in [-0.2, 0) is 0 Å². The Hall–Kier alpha value is -4.07. The number of methoxy groups -OCH3 is 2. The molecule has 150 valence electrons. The van der Waals surface area contributed by atoms with Gasteiger partial charge in [-0.2, -0.15) is 0 Å². The van der Waals surface area contributed by atoms with Gasteiger partial charge in [-0.25, -0.2) is 15.0 Å². The van der Waals surface area contributed by atoms with Crippen LogP contribution in [0.5, 0.6) is 23.0 Å². The zero-order chi connectivity index (χ0) is 20.7. The van der Waals surface area contributed by atoms with Crippen molar-refractivity contribution in [1.29, 1.82) is 0 Å². The predicted molar refractivity (Wildman–Crippen MR) is 112 cm³/mol. The lowest BCUT2D eigenvalue weighted by molar-refractivity contribution is 0.174. The molecule has 0 unspecified atom stereocenters. The van der Waals surface area contributed by atoms with Gasteiger partial charge in [0.05, 0.1) is 25.3 Å². The Morgan fingerprint density at radius 1 is 0.867 bits per heavy atom. The van der Waals surface area contributed by atoms with Gasteiger partial charge in [0.1, 0.15) is 12.1 Å². The van der Waals surface area contributed by atoms with Gasteiger partial charge in [0.15, 0.2) is 28.6 Å². The van der Waals surface area contributed by atoms with E-state index in [1.807, 2.05) is 42.5 Å². The predicted octanol–water partition coefficient (Wildman–Crippen LogP) is 3.69. The Kier molecular flexibility index (Phi) is 4.24. The molecule has 0 amide bonds. The molecule has 8 nitrogen and oxygen atoms in total. The minimum Gasteiger partial charge on any atom is -0.493 e. The van der Waals surface area contributed by atoms with Gasteiger partial charge in [-0.1, -0.05) is 6.07 Å². The zero-order valence-electron chi connectivity index (χ0n) is 16.4. The lowest BCUT2D eigenvalue weighted by atomic mass is 9.99. The van der Waals surface area contributed by atoms with E-state index in [-0.39, 0.29) is 6.79 Å². The van der Waals surface area contributed by atoms with Crippen molar-refractivity contribution in [1.82, 2.24) is 15.0 Å². The van der Waals surface area contributed by atoms with Gasteiger partial charge < -0.3 is 24.7 Å². The second-order valence-electron chi connectivity index (χ2n) is 6.65. The summed E-state index contributed by atoms with van der Waals surface area (Å²) in [4.78, 5) is 13.2. The highest BCUT2D eigenvalue weighted by atomic mass is 16.7. The number of ether oxygens (including phenoxy) is 4. The van der Waals surface area contributed by atoms with E-state index in [0.717, 1.165) is 22.4 Å². The van der Waals surface area contributed by atoms with Crippen molar-refractivity contribution in [3.8, 4) is 45.4 Å². The molecular weight excluding hydrogens is 384 g/mol. The van der Waals surface area contributed by atoms with Crippen LogP contribution >= 0.6 is 0 Å². The topological polar surface area (TPSA) is 102 Å². The van der Waals surface area contributed by atoms with Gasteiger partial charge in [0.2, 0.25) is 6.79 Å². The minimum absolute atomic E-state index is 0.213. The molecule has 0 bridgehead atoms. The number of nitrogens with two attached hydrogens (primary N) is 1. The minimum atomic E-state index is 0.213. The molecule has 4 aromatic rings. The Morgan fingerprint density at radius 3 is 2.50 bits per heavy atom. The van der Waals surface area contributed by atoms with E-state index in [2.05, 4.69) is 9.97 Å². The molecule has 0 fully saturated rings. The van der Waals surface area contributed by atoms with Crippen molar-refractivity contribution in [2.45, 2.75) is 0 Å². The van der Waals surface area contributed by atoms with Crippen LogP contribution in [0, 0.1) is 0 Å². The Morgan fingerprint density at radius 2 is 1.67 bits per heavy atom. The number of hydrogen-bond donors (Lipinski definition) is 1. The molecule has 0 spiro atoms. The maximum atomic E-state index is 6.20. The highest BCUT2D eigenvalue weighted by molar-refractivity contribution is 6.01. The molecule has 0 atom stereocenters. The molecule has 0 aliphatic carbocycles. The Balaban J connectivity index is 1.75. The van der Waals surface area contributed by atoms with Crippen molar-refractivity contribution >= 4 is 16.9 Å². The van der Waals surface area contributed by atoms with Gasteiger partial charge in [-0.3, -0.25) is 0 Å². The van der Waals surface area contributed by atoms with Crippen molar-refractivity contribution in [3.63, 3.8) is 0 Å². The number of nitrogens with zero attached hydrogens (tertiary/aromatic N) is 3. The van der Waals surface area contributed by atoms with Gasteiger partial charge >= 0.3 is 0 Å². The second-order valence-corrected chi connectivity index (χ2v) is 6.65. The summed E-state index contributed by atoms with van der Waals surface area (Å²) in [5, 5.41) is 0.675. The van der Waals surface area contributed by atoms with Crippen LogP contribution in [0.4, 0.5) is 5.82 Å². The number of pyridine rings is 1. The summed E-state index contributed by atoms with van der Waals surface area (Å²) in [6.07, 6.45) is 1.41. The average molecular weight is 402 g/mol. The van der Waals surface area contributed by atoms with Gasteiger partial charge in [-0.05, 0) is 47.5 Å². The molecule has 5 rings (SSSR count). The fraction of sp³-hybridized carbons (Fsp3) is 0.136. The van der Waals surface area contributed by atoms with E-state index in [0.29, 0.717) is 39.8 Å². The van der Waals surface area contributed by atoms with Crippen molar-refractivity contribution in [2.24, 2.45) is 0 Å². The first-order valence-electron chi connectivity index (χ1n) is 9.21. The molecule has 2 N–H and O–H groups in total. The lowest BCUT2D eigenvalue weighted by Gasteiger charge is -2.13. The fourth-order valence-electron chi connectivity index (χ4n) is 3.52. The van der Waals surface area contributed by atoms with Crippen molar-refractivity contribution in [3.05, 3.63) is 48.8 Å². The number of hydrogen-bond acceptors (Lipinski definition) is 8. The molecule has 2 aromatic carbocycles. The second kappa shape index (κ2) is 7.07. The average Bonchev–Trinajstić information content (AvgIpc) is 3.26. The number of nitrogen functional groups attached to an aromatic ring is 1. The molecule has 1 aliphatic rings. The standard InChI is InChI=1S/C22H18N4O4/c1-27-16-5-3-12(7-18(16)28-2)14-9-15(26-22-20(14)21(23)24-10-25-22)13-4-6-17-19(8-13)30-11-29-17/h3-10H,11H2,1-2H3,(H2,23,24,25,26). The zero-order valence-corrected chi connectivity index (χ0v) is 16.4. The van der Waals surface area contributed by atoms with Crippen molar-refractivity contribution in [2.75, 3.05) is 26.7 Å². The summed E-state index contributed by atoms with van der Waals surface area (Å²) in [5.74, 6) is 3.00. The van der Waals surface area contributed by atoms with E-state index < -0.39 is 0 Å². The van der Waals surface area contributed by atoms with E-state index >= 15 is 0 Å². The molecule has 0 saturated heterocycles. The van der Waals surface area contributed by atoms with Gasteiger partial charge in [0, 0.05) is 5.56 Å².